The summed E-state index contributed by atoms with van der Waals surface area (Å²) in [5.74, 6) is -0.277. The standard InChI is InChI=1S/C13H15BrN2O4/c14-10-4-9(5-11(6-10)16(19)20)13(18)15-12-3-1-2-8(12)7-17/h4-6,8,12,17H,1-3,7H2,(H,15,18). The lowest BCUT2D eigenvalue weighted by Gasteiger charge is -2.19. The topological polar surface area (TPSA) is 92.5 Å². The second-order valence-electron chi connectivity index (χ2n) is 4.91. The number of carbonyl (C=O) groups is 1. The van der Waals surface area contributed by atoms with Gasteiger partial charge in [-0.05, 0) is 18.9 Å². The molecular formula is C13H15BrN2O4. The fourth-order valence-electron chi connectivity index (χ4n) is 2.51. The number of hydrogen-bond donors (Lipinski definition) is 2. The van der Waals surface area contributed by atoms with Gasteiger partial charge in [-0.25, -0.2) is 0 Å². The molecule has 2 unspecified atom stereocenters. The van der Waals surface area contributed by atoms with Crippen molar-refractivity contribution in [1.82, 2.24) is 5.32 Å². The molecule has 2 N–H and O–H groups in total. The van der Waals surface area contributed by atoms with Gasteiger partial charge in [0.15, 0.2) is 0 Å². The number of nitrogens with one attached hydrogen (secondary N) is 1. The molecule has 108 valence electrons. The van der Waals surface area contributed by atoms with Gasteiger partial charge in [-0.3, -0.25) is 14.9 Å². The van der Waals surface area contributed by atoms with Crippen LogP contribution in [0.25, 0.3) is 0 Å². The number of aliphatic hydroxyl groups excluding tert-OH is 1. The number of rotatable bonds is 4. The summed E-state index contributed by atoms with van der Waals surface area (Å²) in [6.45, 7) is 0.0452. The van der Waals surface area contributed by atoms with E-state index in [1.165, 1.54) is 12.1 Å². The number of amides is 1. The fourth-order valence-corrected chi connectivity index (χ4v) is 2.99. The summed E-state index contributed by atoms with van der Waals surface area (Å²) in [6, 6.07) is 4.09. The van der Waals surface area contributed by atoms with Crippen LogP contribution in [0.1, 0.15) is 29.6 Å². The van der Waals surface area contributed by atoms with Gasteiger partial charge in [-0.2, -0.15) is 0 Å². The maximum absolute atomic E-state index is 12.2. The highest BCUT2D eigenvalue weighted by molar-refractivity contribution is 9.10. The van der Waals surface area contributed by atoms with Gasteiger partial charge in [0, 0.05) is 40.7 Å². The number of nitrogens with zero attached hydrogens (tertiary/aromatic N) is 1. The molecule has 1 aromatic carbocycles. The molecule has 0 aliphatic heterocycles. The minimum atomic E-state index is -0.534. The molecule has 2 atom stereocenters. The normalized spacial score (nSPS) is 21.7. The van der Waals surface area contributed by atoms with Gasteiger partial charge in [-0.15, -0.1) is 0 Å². The maximum Gasteiger partial charge on any atom is 0.271 e. The number of non-ortho nitro benzene ring substituents is 1. The molecular weight excluding hydrogens is 328 g/mol. The number of aliphatic hydroxyl groups is 1. The first-order valence-electron chi connectivity index (χ1n) is 6.38. The van der Waals surface area contributed by atoms with Gasteiger partial charge in [-0.1, -0.05) is 22.4 Å². The molecule has 0 saturated heterocycles. The average Bonchev–Trinajstić information content (AvgIpc) is 2.85. The highest BCUT2D eigenvalue weighted by Crippen LogP contribution is 2.26. The summed E-state index contributed by atoms with van der Waals surface area (Å²) in [6.07, 6.45) is 2.68. The van der Waals surface area contributed by atoms with Crippen LogP contribution in [0.15, 0.2) is 22.7 Å². The van der Waals surface area contributed by atoms with Crippen LogP contribution in [0.4, 0.5) is 5.69 Å². The largest absolute Gasteiger partial charge is 0.396 e. The second kappa shape index (κ2) is 6.32. The van der Waals surface area contributed by atoms with Crippen molar-refractivity contribution in [2.75, 3.05) is 6.61 Å². The lowest BCUT2D eigenvalue weighted by molar-refractivity contribution is -0.385. The summed E-state index contributed by atoms with van der Waals surface area (Å²) in [4.78, 5) is 22.4. The summed E-state index contributed by atoms with van der Waals surface area (Å²) in [7, 11) is 0. The minimum absolute atomic E-state index is 0.0452. The van der Waals surface area contributed by atoms with Crippen LogP contribution in [0.3, 0.4) is 0 Å². The molecule has 2 rings (SSSR count). The Morgan fingerprint density at radius 3 is 2.85 bits per heavy atom. The third-order valence-electron chi connectivity index (χ3n) is 3.57. The number of benzene rings is 1. The van der Waals surface area contributed by atoms with E-state index in [4.69, 9.17) is 0 Å². The summed E-state index contributed by atoms with van der Waals surface area (Å²) in [5, 5.41) is 22.9. The van der Waals surface area contributed by atoms with Crippen molar-refractivity contribution in [1.29, 1.82) is 0 Å². The second-order valence-corrected chi connectivity index (χ2v) is 5.82. The first-order valence-corrected chi connectivity index (χ1v) is 7.17. The SMILES string of the molecule is O=C(NC1CCCC1CO)c1cc(Br)cc([N+](=O)[O-])c1. The Bertz CT molecular complexity index is 535. The van der Waals surface area contributed by atoms with Gasteiger partial charge in [0.1, 0.15) is 0 Å². The van der Waals surface area contributed by atoms with Crippen LogP contribution < -0.4 is 5.32 Å². The Balaban J connectivity index is 2.15. The molecule has 0 heterocycles. The van der Waals surface area contributed by atoms with Gasteiger partial charge >= 0.3 is 0 Å². The van der Waals surface area contributed by atoms with E-state index in [9.17, 15) is 20.0 Å². The Hall–Kier alpha value is -1.47. The number of nitro groups is 1. The van der Waals surface area contributed by atoms with E-state index in [1.54, 1.807) is 6.07 Å². The van der Waals surface area contributed by atoms with Crippen molar-refractivity contribution in [2.45, 2.75) is 25.3 Å². The summed E-state index contributed by atoms with van der Waals surface area (Å²) < 4.78 is 0.488. The lowest BCUT2D eigenvalue weighted by atomic mass is 10.0. The predicted molar refractivity (Wildman–Crippen MR) is 76.5 cm³/mol. The van der Waals surface area contributed by atoms with Gasteiger partial charge in [0.05, 0.1) is 4.92 Å². The molecule has 20 heavy (non-hydrogen) atoms. The van der Waals surface area contributed by atoms with Crippen molar-refractivity contribution in [3.8, 4) is 0 Å². The van der Waals surface area contributed by atoms with Crippen LogP contribution in [-0.2, 0) is 0 Å². The zero-order chi connectivity index (χ0) is 14.7. The molecule has 1 aromatic rings. The lowest BCUT2D eigenvalue weighted by Crippen LogP contribution is -2.38. The van der Waals surface area contributed by atoms with Gasteiger partial charge in [0.25, 0.3) is 11.6 Å². The number of halogens is 1. The van der Waals surface area contributed by atoms with Gasteiger partial charge < -0.3 is 10.4 Å². The van der Waals surface area contributed by atoms with Crippen LogP contribution in [0, 0.1) is 16.0 Å². The van der Waals surface area contributed by atoms with E-state index in [2.05, 4.69) is 21.2 Å². The first kappa shape index (κ1) is 14.9. The summed E-state index contributed by atoms with van der Waals surface area (Å²) >= 11 is 3.16. The van der Waals surface area contributed by atoms with E-state index >= 15 is 0 Å². The van der Waals surface area contributed by atoms with Crippen LogP contribution >= 0.6 is 15.9 Å². The molecule has 0 aromatic heterocycles. The van der Waals surface area contributed by atoms with E-state index in [0.717, 1.165) is 19.3 Å². The Kier molecular flexibility index (Phi) is 4.72. The molecule has 1 aliphatic rings. The van der Waals surface area contributed by atoms with Crippen molar-refractivity contribution >= 4 is 27.5 Å². The third-order valence-corrected chi connectivity index (χ3v) is 4.02. The third kappa shape index (κ3) is 3.34. The van der Waals surface area contributed by atoms with Crippen molar-refractivity contribution in [2.24, 2.45) is 5.92 Å². The predicted octanol–water partition coefficient (Wildman–Crippen LogP) is 2.25. The smallest absolute Gasteiger partial charge is 0.271 e. The van der Waals surface area contributed by atoms with E-state index in [0.29, 0.717) is 4.47 Å². The molecule has 1 aliphatic carbocycles. The van der Waals surface area contributed by atoms with Crippen LogP contribution in [0.2, 0.25) is 0 Å². The molecule has 7 heteroatoms. The van der Waals surface area contributed by atoms with Crippen LogP contribution in [0.5, 0.6) is 0 Å². The molecule has 1 fully saturated rings. The fraction of sp³-hybridized carbons (Fsp3) is 0.462. The zero-order valence-corrected chi connectivity index (χ0v) is 12.3. The number of nitro benzene ring substituents is 1. The minimum Gasteiger partial charge on any atom is -0.396 e. The number of hydrogen-bond acceptors (Lipinski definition) is 4. The van der Waals surface area contributed by atoms with E-state index in [-0.39, 0.29) is 35.7 Å². The Morgan fingerprint density at radius 2 is 2.20 bits per heavy atom. The molecule has 6 nitrogen and oxygen atoms in total. The zero-order valence-electron chi connectivity index (χ0n) is 10.7. The van der Waals surface area contributed by atoms with Crippen molar-refractivity contribution in [3.05, 3.63) is 38.3 Å². The quantitative estimate of drug-likeness (QED) is 0.648. The Morgan fingerprint density at radius 1 is 1.45 bits per heavy atom. The van der Waals surface area contributed by atoms with Crippen molar-refractivity contribution in [3.63, 3.8) is 0 Å². The molecule has 1 amide bonds. The average molecular weight is 343 g/mol. The first-order chi connectivity index (χ1) is 9.51. The molecule has 1 saturated carbocycles. The molecule has 0 spiro atoms. The van der Waals surface area contributed by atoms with E-state index < -0.39 is 4.92 Å². The van der Waals surface area contributed by atoms with Gasteiger partial charge in [0.2, 0.25) is 0 Å². The summed E-state index contributed by atoms with van der Waals surface area (Å²) in [5.41, 5.74) is 0.115. The monoisotopic (exact) mass is 342 g/mol. The molecule has 0 radical (unpaired) electrons. The van der Waals surface area contributed by atoms with Crippen LogP contribution in [-0.4, -0.2) is 28.6 Å². The van der Waals surface area contributed by atoms with Crippen molar-refractivity contribution < 1.29 is 14.8 Å². The molecule has 0 bridgehead atoms. The Labute approximate surface area is 124 Å². The highest BCUT2D eigenvalue weighted by Gasteiger charge is 2.28. The number of carbonyl (C=O) groups excluding carboxylic acids is 1. The highest BCUT2D eigenvalue weighted by atomic mass is 79.9. The van der Waals surface area contributed by atoms with E-state index in [1.807, 2.05) is 0 Å². The maximum atomic E-state index is 12.2.